The van der Waals surface area contributed by atoms with Gasteiger partial charge in [-0.05, 0) is 36.8 Å². The molecule has 1 saturated heterocycles. The zero-order valence-corrected chi connectivity index (χ0v) is 14.1. The number of benzene rings is 1. The molecule has 1 aromatic carbocycles. The number of hydrogen-bond acceptors (Lipinski definition) is 3. The lowest BCUT2D eigenvalue weighted by atomic mass is 9.75. The molecule has 134 valence electrons. The lowest BCUT2D eigenvalue weighted by molar-refractivity contribution is -0.214. The highest BCUT2D eigenvalue weighted by molar-refractivity contribution is 5.28. The van der Waals surface area contributed by atoms with E-state index in [1.165, 1.54) is 44.2 Å². The van der Waals surface area contributed by atoms with Gasteiger partial charge in [0.2, 0.25) is 0 Å². The molecule has 3 rings (SSSR count). The van der Waals surface area contributed by atoms with Gasteiger partial charge >= 0.3 is 6.61 Å². The van der Waals surface area contributed by atoms with Crippen molar-refractivity contribution in [2.24, 2.45) is 17.8 Å². The molecule has 0 amide bonds. The van der Waals surface area contributed by atoms with Crippen molar-refractivity contribution in [1.29, 1.82) is 0 Å². The summed E-state index contributed by atoms with van der Waals surface area (Å²) in [6.45, 7) is 0.893. The van der Waals surface area contributed by atoms with Crippen molar-refractivity contribution >= 4 is 0 Å². The van der Waals surface area contributed by atoms with Crippen LogP contribution in [0.4, 0.5) is 8.78 Å². The first kappa shape index (κ1) is 17.6. The molecule has 0 N–H and O–H groups in total. The Bertz CT molecular complexity index is 490. The summed E-state index contributed by atoms with van der Waals surface area (Å²) in [4.78, 5) is 0. The molecule has 2 aliphatic rings. The monoisotopic (exact) mass is 340 g/mol. The fourth-order valence-electron chi connectivity index (χ4n) is 3.86. The number of hydrogen-bond donors (Lipinski definition) is 0. The molecule has 1 heterocycles. The van der Waals surface area contributed by atoms with Crippen LogP contribution in [0.1, 0.15) is 50.9 Å². The first-order valence-corrected chi connectivity index (χ1v) is 8.93. The second kappa shape index (κ2) is 8.26. The van der Waals surface area contributed by atoms with Crippen LogP contribution in [0.2, 0.25) is 0 Å². The molecule has 24 heavy (non-hydrogen) atoms. The zero-order valence-electron chi connectivity index (χ0n) is 14.1. The van der Waals surface area contributed by atoms with Gasteiger partial charge in [-0.15, -0.1) is 0 Å². The van der Waals surface area contributed by atoms with Gasteiger partial charge in [-0.2, -0.15) is 8.78 Å². The van der Waals surface area contributed by atoms with E-state index < -0.39 is 12.9 Å². The van der Waals surface area contributed by atoms with Crippen molar-refractivity contribution < 1.29 is 23.0 Å². The minimum Gasteiger partial charge on any atom is -0.435 e. The average molecular weight is 340 g/mol. The van der Waals surface area contributed by atoms with Crippen LogP contribution in [0.5, 0.6) is 5.75 Å². The summed E-state index contributed by atoms with van der Waals surface area (Å²) in [5.41, 5.74) is 0.838. The third kappa shape index (κ3) is 4.45. The van der Waals surface area contributed by atoms with Crippen molar-refractivity contribution in [3.05, 3.63) is 29.8 Å². The predicted octanol–water partition coefficient (Wildman–Crippen LogP) is 5.17. The molecule has 1 aliphatic carbocycles. The summed E-state index contributed by atoms with van der Waals surface area (Å²) in [7, 11) is 0. The maximum absolute atomic E-state index is 12.2. The number of ether oxygens (including phenoxy) is 3. The summed E-state index contributed by atoms with van der Waals surface area (Å²) < 4.78 is 40.5. The maximum atomic E-state index is 12.2. The van der Waals surface area contributed by atoms with Crippen molar-refractivity contribution in [1.82, 2.24) is 0 Å². The first-order valence-electron chi connectivity index (χ1n) is 8.93. The molecular weight excluding hydrogens is 314 g/mol. The maximum Gasteiger partial charge on any atom is 0.387 e. The highest BCUT2D eigenvalue weighted by Crippen LogP contribution is 2.38. The SMILES string of the molecule is CCC1CCC(C2COC(c3ccc(OC(F)F)cc3)OC2)CC1. The Morgan fingerprint density at radius 1 is 1.00 bits per heavy atom. The number of alkyl halides is 2. The van der Waals surface area contributed by atoms with Crippen LogP contribution in [-0.2, 0) is 9.47 Å². The van der Waals surface area contributed by atoms with Crippen LogP contribution >= 0.6 is 0 Å². The van der Waals surface area contributed by atoms with Crippen LogP contribution in [0.15, 0.2) is 24.3 Å². The van der Waals surface area contributed by atoms with Crippen LogP contribution < -0.4 is 4.74 Å². The van der Waals surface area contributed by atoms with Crippen LogP contribution in [-0.4, -0.2) is 19.8 Å². The van der Waals surface area contributed by atoms with E-state index in [0.717, 1.165) is 11.5 Å². The molecule has 5 heteroatoms. The Balaban J connectivity index is 1.48. The molecule has 1 aliphatic heterocycles. The quantitative estimate of drug-likeness (QED) is 0.740. The summed E-state index contributed by atoms with van der Waals surface area (Å²) in [5, 5.41) is 0. The van der Waals surface area contributed by atoms with E-state index >= 15 is 0 Å². The van der Waals surface area contributed by atoms with Gasteiger partial charge < -0.3 is 14.2 Å². The standard InChI is InChI=1S/C19H26F2O3/c1-2-13-3-5-14(6-4-13)16-11-22-18(23-12-16)15-7-9-17(10-8-15)24-19(20)21/h7-10,13-14,16,18-19H,2-6,11-12H2,1H3. The summed E-state index contributed by atoms with van der Waals surface area (Å²) >= 11 is 0. The van der Waals surface area contributed by atoms with Gasteiger partial charge in [0.15, 0.2) is 6.29 Å². The predicted molar refractivity (Wildman–Crippen MR) is 86.9 cm³/mol. The van der Waals surface area contributed by atoms with Crippen LogP contribution in [0.3, 0.4) is 0 Å². The van der Waals surface area contributed by atoms with Crippen LogP contribution in [0.25, 0.3) is 0 Å². The summed E-state index contributed by atoms with van der Waals surface area (Å²) in [6, 6.07) is 6.48. The highest BCUT2D eigenvalue weighted by atomic mass is 19.3. The van der Waals surface area contributed by atoms with E-state index in [1.54, 1.807) is 12.1 Å². The largest absolute Gasteiger partial charge is 0.435 e. The molecular formula is C19H26F2O3. The Labute approximate surface area is 142 Å². The van der Waals surface area contributed by atoms with Crippen molar-refractivity contribution in [3.8, 4) is 5.75 Å². The van der Waals surface area contributed by atoms with Crippen molar-refractivity contribution in [3.63, 3.8) is 0 Å². The van der Waals surface area contributed by atoms with E-state index in [9.17, 15) is 8.78 Å². The van der Waals surface area contributed by atoms with Gasteiger partial charge in [0.25, 0.3) is 0 Å². The van der Waals surface area contributed by atoms with Crippen molar-refractivity contribution in [2.75, 3.05) is 13.2 Å². The van der Waals surface area contributed by atoms with E-state index in [2.05, 4.69) is 11.7 Å². The van der Waals surface area contributed by atoms with E-state index in [0.29, 0.717) is 25.0 Å². The van der Waals surface area contributed by atoms with E-state index in [4.69, 9.17) is 9.47 Å². The Hall–Kier alpha value is -1.20. The van der Waals surface area contributed by atoms with Gasteiger partial charge in [0.1, 0.15) is 5.75 Å². The molecule has 1 aromatic rings. The minimum absolute atomic E-state index is 0.148. The first-order chi connectivity index (χ1) is 11.7. The second-order valence-electron chi connectivity index (χ2n) is 6.90. The molecule has 1 saturated carbocycles. The Morgan fingerprint density at radius 3 is 2.17 bits per heavy atom. The average Bonchev–Trinajstić information content (AvgIpc) is 2.62. The lowest BCUT2D eigenvalue weighted by Gasteiger charge is -2.37. The molecule has 0 aromatic heterocycles. The van der Waals surface area contributed by atoms with Crippen molar-refractivity contribution in [2.45, 2.75) is 51.9 Å². The van der Waals surface area contributed by atoms with Crippen LogP contribution in [0, 0.1) is 17.8 Å². The summed E-state index contributed by atoms with van der Waals surface area (Å²) in [6.07, 6.45) is 6.09. The third-order valence-electron chi connectivity index (χ3n) is 5.44. The second-order valence-corrected chi connectivity index (χ2v) is 6.90. The van der Waals surface area contributed by atoms with Gasteiger partial charge in [-0.25, -0.2) is 0 Å². The molecule has 0 unspecified atom stereocenters. The Morgan fingerprint density at radius 2 is 1.62 bits per heavy atom. The summed E-state index contributed by atoms with van der Waals surface area (Å²) in [5.74, 6) is 2.22. The van der Waals surface area contributed by atoms with E-state index in [1.807, 2.05) is 0 Å². The number of rotatable bonds is 5. The lowest BCUT2D eigenvalue weighted by Crippen LogP contribution is -2.34. The minimum atomic E-state index is -2.80. The molecule has 2 fully saturated rings. The third-order valence-corrected chi connectivity index (χ3v) is 5.44. The normalized spacial score (nSPS) is 31.2. The zero-order chi connectivity index (χ0) is 16.9. The molecule has 3 nitrogen and oxygen atoms in total. The molecule has 0 radical (unpaired) electrons. The fourth-order valence-corrected chi connectivity index (χ4v) is 3.86. The highest BCUT2D eigenvalue weighted by Gasteiger charge is 2.32. The van der Waals surface area contributed by atoms with Gasteiger partial charge in [0, 0.05) is 11.5 Å². The molecule has 0 bridgehead atoms. The van der Waals surface area contributed by atoms with Gasteiger partial charge in [-0.3, -0.25) is 0 Å². The smallest absolute Gasteiger partial charge is 0.387 e. The number of halogens is 2. The van der Waals surface area contributed by atoms with Gasteiger partial charge in [0.05, 0.1) is 13.2 Å². The molecule has 0 spiro atoms. The van der Waals surface area contributed by atoms with E-state index in [-0.39, 0.29) is 5.75 Å². The fraction of sp³-hybridized carbons (Fsp3) is 0.684. The Kier molecular flexibility index (Phi) is 6.06. The van der Waals surface area contributed by atoms with Gasteiger partial charge in [-0.1, -0.05) is 38.3 Å². The molecule has 0 atom stereocenters. The topological polar surface area (TPSA) is 27.7 Å².